The summed E-state index contributed by atoms with van der Waals surface area (Å²) in [6.07, 6.45) is 7.95. The van der Waals surface area contributed by atoms with E-state index in [1.54, 1.807) is 11.3 Å². The van der Waals surface area contributed by atoms with Crippen LogP contribution in [0.2, 0.25) is 5.02 Å². The second-order valence-electron chi connectivity index (χ2n) is 5.12. The molecule has 1 aromatic carbocycles. The molecule has 0 aliphatic heterocycles. The van der Waals surface area contributed by atoms with Gasteiger partial charge in [-0.05, 0) is 42.0 Å². The predicted molar refractivity (Wildman–Crippen MR) is 96.0 cm³/mol. The molecule has 0 amide bonds. The van der Waals surface area contributed by atoms with Crippen LogP contribution < -0.4 is 0 Å². The molecule has 0 aliphatic rings. The minimum Gasteiger partial charge on any atom is -0.336 e. The van der Waals surface area contributed by atoms with Gasteiger partial charge in [-0.1, -0.05) is 23.7 Å². The zero-order valence-corrected chi connectivity index (χ0v) is 14.4. The molecule has 2 heterocycles. The van der Waals surface area contributed by atoms with Crippen molar-refractivity contribution < 1.29 is 0 Å². The van der Waals surface area contributed by atoms with Gasteiger partial charge in [0, 0.05) is 39.5 Å². The number of benzene rings is 1. The second-order valence-corrected chi connectivity index (χ2v) is 7.71. The molecule has 0 radical (unpaired) electrons. The molecule has 3 aromatic rings. The number of hydrogen-bond donors (Lipinski definition) is 0. The van der Waals surface area contributed by atoms with Gasteiger partial charge < -0.3 is 4.57 Å². The Morgan fingerprint density at radius 1 is 1.23 bits per heavy atom. The van der Waals surface area contributed by atoms with E-state index in [0.29, 0.717) is 5.25 Å². The van der Waals surface area contributed by atoms with Crippen LogP contribution >= 0.6 is 34.7 Å². The molecule has 5 heteroatoms. The molecule has 0 aliphatic carbocycles. The molecule has 1 atom stereocenters. The van der Waals surface area contributed by atoms with Crippen molar-refractivity contribution in [1.82, 2.24) is 9.55 Å². The summed E-state index contributed by atoms with van der Waals surface area (Å²) in [5.74, 6) is 0. The summed E-state index contributed by atoms with van der Waals surface area (Å²) in [6, 6.07) is 10.4. The quantitative estimate of drug-likeness (QED) is 0.532. The maximum Gasteiger partial charge on any atom is 0.0946 e. The van der Waals surface area contributed by atoms with Crippen molar-refractivity contribution in [1.29, 1.82) is 0 Å². The third-order valence-electron chi connectivity index (χ3n) is 3.44. The summed E-state index contributed by atoms with van der Waals surface area (Å²) in [5.41, 5.74) is 1.34. The maximum absolute atomic E-state index is 5.95. The van der Waals surface area contributed by atoms with Gasteiger partial charge in [0.1, 0.15) is 0 Å². The third kappa shape index (κ3) is 4.63. The number of nitrogens with zero attached hydrogens (tertiary/aromatic N) is 2. The van der Waals surface area contributed by atoms with Crippen LogP contribution in [0.15, 0.2) is 64.7 Å². The fourth-order valence-electron chi connectivity index (χ4n) is 2.31. The lowest BCUT2D eigenvalue weighted by atomic mass is 10.1. The average molecular weight is 349 g/mol. The molecule has 3 rings (SSSR count). The summed E-state index contributed by atoms with van der Waals surface area (Å²) >= 11 is 9.65. The number of thioether (sulfide) groups is 1. The minimum absolute atomic E-state index is 0.527. The van der Waals surface area contributed by atoms with Crippen molar-refractivity contribution in [3.05, 3.63) is 70.4 Å². The molecule has 0 spiro atoms. The summed E-state index contributed by atoms with van der Waals surface area (Å²) < 4.78 is 2.16. The molecular formula is C17H17ClN2S2. The van der Waals surface area contributed by atoms with E-state index < -0.39 is 0 Å². The molecule has 114 valence electrons. The van der Waals surface area contributed by atoms with Gasteiger partial charge in [0.25, 0.3) is 0 Å². The standard InChI is InChI=1S/C17H17ClN2S2/c18-15-4-1-14(2-5-15)3-6-16(11-20-9-8-19-13-20)22-17-7-10-21-12-17/h1-2,4-5,7-10,12-13,16H,3,6,11H2. The van der Waals surface area contributed by atoms with Crippen molar-refractivity contribution in [2.45, 2.75) is 29.5 Å². The van der Waals surface area contributed by atoms with Crippen LogP contribution in [0.5, 0.6) is 0 Å². The SMILES string of the molecule is Clc1ccc(CCC(Cn2ccnc2)Sc2ccsc2)cc1. The molecule has 0 saturated heterocycles. The van der Waals surface area contributed by atoms with Gasteiger partial charge in [-0.2, -0.15) is 11.3 Å². The number of rotatable bonds is 7. The average Bonchev–Trinajstić information content (AvgIpc) is 3.20. The highest BCUT2D eigenvalue weighted by atomic mass is 35.5. The Kier molecular flexibility index (Phi) is 5.59. The Labute approximate surface area is 144 Å². The van der Waals surface area contributed by atoms with Gasteiger partial charge in [-0.3, -0.25) is 0 Å². The van der Waals surface area contributed by atoms with E-state index in [2.05, 4.69) is 38.5 Å². The summed E-state index contributed by atoms with van der Waals surface area (Å²) in [5, 5.41) is 5.68. The minimum atomic E-state index is 0.527. The number of aromatic nitrogens is 2. The largest absolute Gasteiger partial charge is 0.336 e. The lowest BCUT2D eigenvalue weighted by Crippen LogP contribution is -2.13. The number of thiophene rings is 1. The highest BCUT2D eigenvalue weighted by molar-refractivity contribution is 8.00. The van der Waals surface area contributed by atoms with Crippen molar-refractivity contribution >= 4 is 34.7 Å². The fraction of sp³-hybridized carbons (Fsp3) is 0.235. The second kappa shape index (κ2) is 7.86. The Bertz CT molecular complexity index is 627. The first-order valence-corrected chi connectivity index (χ1v) is 9.39. The highest BCUT2D eigenvalue weighted by Gasteiger charge is 2.12. The van der Waals surface area contributed by atoms with Gasteiger partial charge in [0.05, 0.1) is 6.33 Å². The van der Waals surface area contributed by atoms with Crippen LogP contribution in [-0.4, -0.2) is 14.8 Å². The van der Waals surface area contributed by atoms with E-state index in [-0.39, 0.29) is 0 Å². The Hall–Kier alpha value is -1.23. The van der Waals surface area contributed by atoms with E-state index in [0.717, 1.165) is 24.4 Å². The van der Waals surface area contributed by atoms with E-state index >= 15 is 0 Å². The van der Waals surface area contributed by atoms with Crippen LogP contribution in [0.25, 0.3) is 0 Å². The van der Waals surface area contributed by atoms with Crippen LogP contribution in [-0.2, 0) is 13.0 Å². The third-order valence-corrected chi connectivity index (χ3v) is 5.77. The summed E-state index contributed by atoms with van der Waals surface area (Å²) in [6.45, 7) is 0.980. The van der Waals surface area contributed by atoms with Crippen LogP contribution in [0.3, 0.4) is 0 Å². The smallest absolute Gasteiger partial charge is 0.0946 e. The van der Waals surface area contributed by atoms with Gasteiger partial charge >= 0.3 is 0 Å². The summed E-state index contributed by atoms with van der Waals surface area (Å²) in [4.78, 5) is 5.49. The number of imidazole rings is 1. The van der Waals surface area contributed by atoms with Gasteiger partial charge in [0.15, 0.2) is 0 Å². The van der Waals surface area contributed by atoms with E-state index in [1.165, 1.54) is 10.5 Å². The fourth-order valence-corrected chi connectivity index (χ4v) is 4.44. The Morgan fingerprint density at radius 2 is 2.09 bits per heavy atom. The molecule has 1 unspecified atom stereocenters. The Balaban J connectivity index is 1.63. The highest BCUT2D eigenvalue weighted by Crippen LogP contribution is 2.29. The van der Waals surface area contributed by atoms with E-state index in [1.807, 2.05) is 42.6 Å². The first-order chi connectivity index (χ1) is 10.8. The monoisotopic (exact) mass is 348 g/mol. The lowest BCUT2D eigenvalue weighted by Gasteiger charge is -2.16. The lowest BCUT2D eigenvalue weighted by molar-refractivity contribution is 0.624. The van der Waals surface area contributed by atoms with Crippen LogP contribution in [0, 0.1) is 0 Å². The molecule has 22 heavy (non-hydrogen) atoms. The van der Waals surface area contributed by atoms with Gasteiger partial charge in [-0.25, -0.2) is 4.98 Å². The van der Waals surface area contributed by atoms with E-state index in [9.17, 15) is 0 Å². The van der Waals surface area contributed by atoms with Gasteiger partial charge in [0.2, 0.25) is 0 Å². The first kappa shape index (κ1) is 15.7. The zero-order chi connectivity index (χ0) is 15.2. The van der Waals surface area contributed by atoms with Crippen LogP contribution in [0.1, 0.15) is 12.0 Å². The molecule has 2 nitrogen and oxygen atoms in total. The van der Waals surface area contributed by atoms with Crippen molar-refractivity contribution in [3.63, 3.8) is 0 Å². The molecule has 0 bridgehead atoms. The molecule has 0 fully saturated rings. The Morgan fingerprint density at radius 3 is 2.77 bits per heavy atom. The molecule has 0 saturated carbocycles. The van der Waals surface area contributed by atoms with Gasteiger partial charge in [-0.15, -0.1) is 11.8 Å². The first-order valence-electron chi connectivity index (χ1n) is 7.18. The van der Waals surface area contributed by atoms with Crippen molar-refractivity contribution in [3.8, 4) is 0 Å². The van der Waals surface area contributed by atoms with Crippen LogP contribution in [0.4, 0.5) is 0 Å². The molecule has 0 N–H and O–H groups in total. The summed E-state index contributed by atoms with van der Waals surface area (Å²) in [7, 11) is 0. The normalized spacial score (nSPS) is 12.4. The number of aryl methyl sites for hydroxylation is 1. The molecular weight excluding hydrogens is 332 g/mol. The van der Waals surface area contributed by atoms with E-state index in [4.69, 9.17) is 11.6 Å². The molecule has 2 aromatic heterocycles. The van der Waals surface area contributed by atoms with Crippen molar-refractivity contribution in [2.75, 3.05) is 0 Å². The number of hydrogen-bond acceptors (Lipinski definition) is 3. The maximum atomic E-state index is 5.95. The number of halogens is 1. The predicted octanol–water partition coefficient (Wildman–Crippen LogP) is 5.39. The zero-order valence-electron chi connectivity index (χ0n) is 12.1. The van der Waals surface area contributed by atoms with Crippen molar-refractivity contribution in [2.24, 2.45) is 0 Å². The topological polar surface area (TPSA) is 17.8 Å².